The Morgan fingerprint density at radius 3 is 2.91 bits per heavy atom. The SMILES string of the molecule is CCOC(=O)C1(Sc2ccnc3ccc(C#N)cc23)CCC1. The number of nitriles is 1. The second kappa shape index (κ2) is 5.98. The molecule has 4 nitrogen and oxygen atoms in total. The summed E-state index contributed by atoms with van der Waals surface area (Å²) in [6, 6.07) is 9.50. The van der Waals surface area contributed by atoms with Gasteiger partial charge in [-0.15, -0.1) is 11.8 Å². The normalized spacial score (nSPS) is 15.8. The summed E-state index contributed by atoms with van der Waals surface area (Å²) in [5.41, 5.74) is 1.43. The van der Waals surface area contributed by atoms with Crippen LogP contribution in [0.4, 0.5) is 0 Å². The van der Waals surface area contributed by atoms with Crippen LogP contribution in [-0.4, -0.2) is 22.3 Å². The minimum atomic E-state index is -0.479. The first-order chi connectivity index (χ1) is 10.7. The van der Waals surface area contributed by atoms with Crippen molar-refractivity contribution in [3.63, 3.8) is 0 Å². The molecule has 0 atom stereocenters. The average Bonchev–Trinajstić information content (AvgIpc) is 2.50. The smallest absolute Gasteiger partial charge is 0.322 e. The number of pyridine rings is 1. The van der Waals surface area contributed by atoms with Gasteiger partial charge in [-0.1, -0.05) is 0 Å². The fraction of sp³-hybridized carbons (Fsp3) is 0.353. The fourth-order valence-corrected chi connectivity index (χ4v) is 4.06. The Bertz CT molecular complexity index is 763. The van der Waals surface area contributed by atoms with Gasteiger partial charge in [-0.05, 0) is 50.5 Å². The van der Waals surface area contributed by atoms with E-state index in [1.54, 1.807) is 24.0 Å². The number of thioether (sulfide) groups is 1. The van der Waals surface area contributed by atoms with Crippen molar-refractivity contribution in [2.24, 2.45) is 0 Å². The van der Waals surface area contributed by atoms with E-state index in [-0.39, 0.29) is 5.97 Å². The van der Waals surface area contributed by atoms with E-state index in [9.17, 15) is 4.79 Å². The highest BCUT2D eigenvalue weighted by molar-refractivity contribution is 8.01. The van der Waals surface area contributed by atoms with Crippen molar-refractivity contribution in [3.05, 3.63) is 36.0 Å². The minimum absolute atomic E-state index is 0.132. The van der Waals surface area contributed by atoms with Crippen molar-refractivity contribution in [3.8, 4) is 6.07 Å². The second-order valence-electron chi connectivity index (χ2n) is 5.32. The first kappa shape index (κ1) is 14.9. The molecule has 0 radical (unpaired) electrons. The molecule has 0 bridgehead atoms. The molecule has 5 heteroatoms. The zero-order valence-corrected chi connectivity index (χ0v) is 13.2. The lowest BCUT2D eigenvalue weighted by molar-refractivity contribution is -0.148. The molecular formula is C17H16N2O2S. The highest BCUT2D eigenvalue weighted by Gasteiger charge is 2.46. The first-order valence-electron chi connectivity index (χ1n) is 7.33. The molecule has 1 fully saturated rings. The van der Waals surface area contributed by atoms with Crippen molar-refractivity contribution >= 4 is 28.6 Å². The van der Waals surface area contributed by atoms with Crippen molar-refractivity contribution < 1.29 is 9.53 Å². The number of hydrogen-bond acceptors (Lipinski definition) is 5. The third-order valence-corrected chi connectivity index (χ3v) is 5.49. The summed E-state index contributed by atoms with van der Waals surface area (Å²) in [4.78, 5) is 17.6. The van der Waals surface area contributed by atoms with E-state index >= 15 is 0 Å². The van der Waals surface area contributed by atoms with Crippen molar-refractivity contribution in [1.82, 2.24) is 4.98 Å². The van der Waals surface area contributed by atoms with Gasteiger partial charge in [0.1, 0.15) is 4.75 Å². The van der Waals surface area contributed by atoms with Gasteiger partial charge in [0.05, 0.1) is 23.8 Å². The molecule has 0 aliphatic heterocycles. The zero-order chi connectivity index (χ0) is 15.6. The first-order valence-corrected chi connectivity index (χ1v) is 8.15. The molecule has 1 aliphatic rings. The zero-order valence-electron chi connectivity index (χ0n) is 12.3. The minimum Gasteiger partial charge on any atom is -0.465 e. The summed E-state index contributed by atoms with van der Waals surface area (Å²) < 4.78 is 4.77. The maximum absolute atomic E-state index is 12.3. The predicted octanol–water partition coefficient (Wildman–Crippen LogP) is 3.68. The van der Waals surface area contributed by atoms with E-state index in [4.69, 9.17) is 10.00 Å². The molecule has 0 unspecified atom stereocenters. The Morgan fingerprint density at radius 2 is 2.27 bits per heavy atom. The third-order valence-electron chi connectivity index (χ3n) is 3.94. The van der Waals surface area contributed by atoms with Crippen LogP contribution in [0.5, 0.6) is 0 Å². The van der Waals surface area contributed by atoms with E-state index in [1.807, 2.05) is 25.1 Å². The van der Waals surface area contributed by atoms with Gasteiger partial charge in [-0.3, -0.25) is 9.78 Å². The van der Waals surface area contributed by atoms with Crippen LogP contribution in [0, 0.1) is 11.3 Å². The largest absolute Gasteiger partial charge is 0.465 e. The van der Waals surface area contributed by atoms with Gasteiger partial charge in [0.15, 0.2) is 0 Å². The lowest BCUT2D eigenvalue weighted by atomic mass is 9.84. The Morgan fingerprint density at radius 1 is 1.45 bits per heavy atom. The molecule has 2 aromatic rings. The fourth-order valence-electron chi connectivity index (χ4n) is 2.60. The summed E-state index contributed by atoms with van der Waals surface area (Å²) in [6.07, 6.45) is 4.45. The van der Waals surface area contributed by atoms with E-state index in [2.05, 4.69) is 11.1 Å². The van der Waals surface area contributed by atoms with Crippen LogP contribution in [0.2, 0.25) is 0 Å². The topological polar surface area (TPSA) is 63.0 Å². The Labute approximate surface area is 133 Å². The van der Waals surface area contributed by atoms with Gasteiger partial charge in [-0.2, -0.15) is 5.26 Å². The van der Waals surface area contributed by atoms with Crippen molar-refractivity contribution in [1.29, 1.82) is 5.26 Å². The molecule has 0 N–H and O–H groups in total. The molecule has 3 rings (SSSR count). The summed E-state index contributed by atoms with van der Waals surface area (Å²) in [7, 11) is 0. The molecule has 22 heavy (non-hydrogen) atoms. The molecular weight excluding hydrogens is 296 g/mol. The molecule has 1 aliphatic carbocycles. The lowest BCUT2D eigenvalue weighted by Crippen LogP contribution is -2.43. The number of esters is 1. The highest BCUT2D eigenvalue weighted by Crippen LogP contribution is 2.49. The third kappa shape index (κ3) is 2.55. The monoisotopic (exact) mass is 312 g/mol. The van der Waals surface area contributed by atoms with Crippen LogP contribution in [0.1, 0.15) is 31.7 Å². The molecule has 1 aromatic heterocycles. The van der Waals surface area contributed by atoms with Gasteiger partial charge in [0, 0.05) is 16.5 Å². The number of rotatable bonds is 4. The lowest BCUT2D eigenvalue weighted by Gasteiger charge is -2.38. The molecule has 1 heterocycles. The molecule has 0 saturated heterocycles. The number of nitrogens with zero attached hydrogens (tertiary/aromatic N) is 2. The Balaban J connectivity index is 1.99. The summed E-state index contributed by atoms with van der Waals surface area (Å²) in [6.45, 7) is 2.23. The number of aromatic nitrogens is 1. The van der Waals surface area contributed by atoms with Gasteiger partial charge in [0.25, 0.3) is 0 Å². The highest BCUT2D eigenvalue weighted by atomic mass is 32.2. The van der Waals surface area contributed by atoms with Crippen LogP contribution >= 0.6 is 11.8 Å². The molecule has 0 spiro atoms. The van der Waals surface area contributed by atoms with Crippen LogP contribution in [0.25, 0.3) is 10.9 Å². The van der Waals surface area contributed by atoms with E-state index in [0.29, 0.717) is 12.2 Å². The Kier molecular flexibility index (Phi) is 4.04. The van der Waals surface area contributed by atoms with E-state index in [0.717, 1.165) is 35.1 Å². The van der Waals surface area contributed by atoms with Gasteiger partial charge >= 0.3 is 5.97 Å². The molecule has 0 amide bonds. The van der Waals surface area contributed by atoms with E-state index in [1.165, 1.54) is 0 Å². The van der Waals surface area contributed by atoms with Gasteiger partial charge in [-0.25, -0.2) is 0 Å². The number of carbonyl (C=O) groups excluding carboxylic acids is 1. The molecule has 112 valence electrons. The average molecular weight is 312 g/mol. The quantitative estimate of drug-likeness (QED) is 0.806. The summed E-state index contributed by atoms with van der Waals surface area (Å²) in [5, 5.41) is 10.0. The standard InChI is InChI=1S/C17H16N2O2S/c1-2-21-16(20)17(7-3-8-17)22-15-6-9-19-14-5-4-12(11-18)10-13(14)15/h4-6,9-10H,2-3,7-8H2,1H3. The molecule has 1 aromatic carbocycles. The van der Waals surface area contributed by atoms with Crippen molar-refractivity contribution in [2.45, 2.75) is 35.8 Å². The van der Waals surface area contributed by atoms with Crippen LogP contribution < -0.4 is 0 Å². The molecule has 1 saturated carbocycles. The number of carbonyl (C=O) groups is 1. The number of benzene rings is 1. The van der Waals surface area contributed by atoms with Gasteiger partial charge in [0.2, 0.25) is 0 Å². The van der Waals surface area contributed by atoms with Crippen LogP contribution in [0.3, 0.4) is 0 Å². The summed E-state index contributed by atoms with van der Waals surface area (Å²) in [5.74, 6) is -0.132. The van der Waals surface area contributed by atoms with Gasteiger partial charge < -0.3 is 4.74 Å². The van der Waals surface area contributed by atoms with Crippen molar-refractivity contribution in [2.75, 3.05) is 6.61 Å². The number of ether oxygens (including phenoxy) is 1. The maximum atomic E-state index is 12.3. The van der Waals surface area contributed by atoms with E-state index < -0.39 is 4.75 Å². The van der Waals surface area contributed by atoms with Crippen LogP contribution in [0.15, 0.2) is 35.4 Å². The maximum Gasteiger partial charge on any atom is 0.322 e. The predicted molar refractivity (Wildman–Crippen MR) is 85.5 cm³/mol. The van der Waals surface area contributed by atoms with Crippen LogP contribution in [-0.2, 0) is 9.53 Å². The number of hydrogen-bond donors (Lipinski definition) is 0. The summed E-state index contributed by atoms with van der Waals surface area (Å²) >= 11 is 1.55. The second-order valence-corrected chi connectivity index (χ2v) is 6.75. The Hall–Kier alpha value is -2.06. The number of fused-ring (bicyclic) bond motifs is 1.